The Bertz CT molecular complexity index is 676. The van der Waals surface area contributed by atoms with Gasteiger partial charge in [0.25, 0.3) is 0 Å². The minimum absolute atomic E-state index is 0.300. The van der Waals surface area contributed by atoms with Crippen LogP contribution < -0.4 is 21.0 Å². The highest BCUT2D eigenvalue weighted by molar-refractivity contribution is 7.77. The Kier molecular flexibility index (Phi) is 5.55. The van der Waals surface area contributed by atoms with E-state index in [1.54, 1.807) is 60.7 Å². The van der Waals surface area contributed by atoms with Gasteiger partial charge in [-0.05, 0) is 24.3 Å². The lowest BCUT2D eigenvalue weighted by atomic mass is 10.4. The molecule has 2 N–H and O–H groups in total. The van der Waals surface area contributed by atoms with E-state index in [0.29, 0.717) is 10.6 Å². The molecule has 2 aromatic carbocycles. The van der Waals surface area contributed by atoms with Crippen molar-refractivity contribution < 1.29 is 18.9 Å². The maximum Gasteiger partial charge on any atom is 0.325 e. The van der Waals surface area contributed by atoms with Gasteiger partial charge in [-0.15, -0.1) is 0 Å². The maximum absolute atomic E-state index is 13.5. The van der Waals surface area contributed by atoms with Crippen molar-refractivity contribution >= 4 is 29.9 Å². The fraction of sp³-hybridized carbons (Fsp3) is 0.125. The summed E-state index contributed by atoms with van der Waals surface area (Å²) in [5, 5.41) is 5.83. The zero-order valence-corrected chi connectivity index (χ0v) is 13.5. The van der Waals surface area contributed by atoms with Crippen molar-refractivity contribution in [3.63, 3.8) is 0 Å². The summed E-state index contributed by atoms with van der Waals surface area (Å²) >= 11 is 0. The summed E-state index contributed by atoms with van der Waals surface area (Å²) in [4.78, 5) is 23.1. The van der Waals surface area contributed by atoms with Crippen LogP contribution in [0.25, 0.3) is 0 Å². The summed E-state index contributed by atoms with van der Waals surface area (Å²) in [6.07, 6.45) is 0. The molecule has 23 heavy (non-hydrogen) atoms. The van der Waals surface area contributed by atoms with Crippen LogP contribution in [0.3, 0.4) is 0 Å². The maximum atomic E-state index is 13.5. The number of benzene rings is 2. The quantitative estimate of drug-likeness (QED) is 0.640. The molecule has 0 spiro atoms. The third kappa shape index (κ3) is 4.20. The van der Waals surface area contributed by atoms with Gasteiger partial charge in [0, 0.05) is 10.6 Å². The number of nitrogens with one attached hydrogen (secondary N) is 2. The van der Waals surface area contributed by atoms with E-state index >= 15 is 0 Å². The van der Waals surface area contributed by atoms with E-state index in [2.05, 4.69) is 15.1 Å². The summed E-state index contributed by atoms with van der Waals surface area (Å²) < 4.78 is 17.9. The predicted molar refractivity (Wildman–Crippen MR) is 88.3 cm³/mol. The van der Waals surface area contributed by atoms with Gasteiger partial charge in [-0.1, -0.05) is 36.4 Å². The molecule has 0 aromatic heterocycles. The molecule has 0 aliphatic carbocycles. The van der Waals surface area contributed by atoms with Crippen molar-refractivity contribution in [2.24, 2.45) is 0 Å². The number of hydrogen-bond acceptors (Lipinski definition) is 4. The normalized spacial score (nSPS) is 10.7. The van der Waals surface area contributed by atoms with Crippen LogP contribution in [0.1, 0.15) is 0 Å². The smallest absolute Gasteiger partial charge is 0.325 e. The lowest BCUT2D eigenvalue weighted by Crippen LogP contribution is -2.41. The summed E-state index contributed by atoms with van der Waals surface area (Å²) in [5.41, 5.74) is 0. The summed E-state index contributed by atoms with van der Waals surface area (Å²) in [6.45, 7) is -0.300. The summed E-state index contributed by atoms with van der Waals surface area (Å²) in [6, 6.07) is 16.7. The number of urea groups is 1. The lowest BCUT2D eigenvalue weighted by molar-refractivity contribution is -0.139. The Balaban J connectivity index is 2.27. The van der Waals surface area contributed by atoms with Crippen LogP contribution in [0.5, 0.6) is 0 Å². The molecular weight excluding hydrogens is 315 g/mol. The van der Waals surface area contributed by atoms with Crippen LogP contribution >= 0.6 is 7.29 Å². The molecule has 0 radical (unpaired) electrons. The van der Waals surface area contributed by atoms with Gasteiger partial charge in [-0.25, -0.2) is 4.79 Å². The predicted octanol–water partition coefficient (Wildman–Crippen LogP) is 1.39. The average Bonchev–Trinajstić information content (AvgIpc) is 2.61. The molecule has 6 nitrogen and oxygen atoms in total. The lowest BCUT2D eigenvalue weighted by Gasteiger charge is -2.20. The van der Waals surface area contributed by atoms with E-state index in [4.69, 9.17) is 0 Å². The molecule has 0 aliphatic rings. The SMILES string of the molecule is COC(=O)CNC(=O)NP(=O)(c1ccccc1)c1ccccc1. The van der Waals surface area contributed by atoms with Crippen molar-refractivity contribution in [1.29, 1.82) is 0 Å². The fourth-order valence-electron chi connectivity index (χ4n) is 1.96. The molecule has 120 valence electrons. The van der Waals surface area contributed by atoms with E-state index in [1.165, 1.54) is 7.11 Å². The number of methoxy groups -OCH3 is 1. The van der Waals surface area contributed by atoms with Gasteiger partial charge in [0.15, 0.2) is 0 Å². The van der Waals surface area contributed by atoms with Crippen LogP contribution in [-0.4, -0.2) is 25.7 Å². The number of esters is 1. The molecule has 0 saturated carbocycles. The minimum Gasteiger partial charge on any atom is -0.468 e. The molecule has 0 bridgehead atoms. The van der Waals surface area contributed by atoms with Crippen LogP contribution in [0.15, 0.2) is 60.7 Å². The first-order chi connectivity index (χ1) is 11.1. The third-order valence-electron chi connectivity index (χ3n) is 3.12. The summed E-state index contributed by atoms with van der Waals surface area (Å²) in [7, 11) is -2.14. The highest BCUT2D eigenvalue weighted by Crippen LogP contribution is 2.38. The zero-order chi connectivity index (χ0) is 16.7. The Hall–Kier alpha value is -2.59. The summed E-state index contributed by atoms with van der Waals surface area (Å²) in [5.74, 6) is -0.589. The van der Waals surface area contributed by atoms with Gasteiger partial charge >= 0.3 is 12.0 Å². The molecule has 0 atom stereocenters. The number of carbonyl (C=O) groups is 2. The molecule has 0 saturated heterocycles. The molecule has 0 fully saturated rings. The van der Waals surface area contributed by atoms with E-state index in [9.17, 15) is 14.2 Å². The topological polar surface area (TPSA) is 84.5 Å². The Labute approximate surface area is 134 Å². The van der Waals surface area contributed by atoms with Crippen LogP contribution in [0, 0.1) is 0 Å². The highest BCUT2D eigenvalue weighted by atomic mass is 31.2. The van der Waals surface area contributed by atoms with Crippen molar-refractivity contribution in [3.05, 3.63) is 60.7 Å². The number of carbonyl (C=O) groups excluding carboxylic acids is 2. The Morgan fingerprint density at radius 3 is 1.87 bits per heavy atom. The monoisotopic (exact) mass is 332 g/mol. The molecule has 0 aliphatic heterocycles. The second-order valence-corrected chi connectivity index (χ2v) is 7.13. The number of hydrogen-bond donors (Lipinski definition) is 2. The third-order valence-corrected chi connectivity index (χ3v) is 5.69. The standard InChI is InChI=1S/C16H17N2O4P/c1-22-15(19)12-17-16(20)18-23(21,13-8-4-2-5-9-13)14-10-6-3-7-11-14/h2-11H,12H2,1H3,(H2,17,18,20,21). The van der Waals surface area contributed by atoms with Gasteiger partial charge in [0.05, 0.1) is 7.11 Å². The molecule has 7 heteroatoms. The van der Waals surface area contributed by atoms with Gasteiger partial charge in [-0.2, -0.15) is 0 Å². The number of rotatable bonds is 5. The Morgan fingerprint density at radius 1 is 0.957 bits per heavy atom. The zero-order valence-electron chi connectivity index (χ0n) is 12.6. The molecule has 0 heterocycles. The van der Waals surface area contributed by atoms with E-state index < -0.39 is 19.3 Å². The van der Waals surface area contributed by atoms with Gasteiger partial charge < -0.3 is 10.1 Å². The van der Waals surface area contributed by atoms with Crippen molar-refractivity contribution in [3.8, 4) is 0 Å². The molecule has 2 rings (SSSR count). The van der Waals surface area contributed by atoms with Crippen LogP contribution in [0.2, 0.25) is 0 Å². The first kappa shape index (κ1) is 16.8. The first-order valence-corrected chi connectivity index (χ1v) is 8.61. The Morgan fingerprint density at radius 2 is 1.43 bits per heavy atom. The molecule has 2 amide bonds. The fourth-order valence-corrected chi connectivity index (χ4v) is 4.07. The molecule has 0 unspecified atom stereocenters. The molecular formula is C16H17N2O4P. The highest BCUT2D eigenvalue weighted by Gasteiger charge is 2.29. The van der Waals surface area contributed by atoms with Gasteiger partial charge in [0.1, 0.15) is 6.54 Å². The second kappa shape index (κ2) is 7.61. The number of ether oxygens (including phenoxy) is 1. The minimum atomic E-state index is -3.36. The first-order valence-electron chi connectivity index (χ1n) is 6.90. The van der Waals surface area contributed by atoms with E-state index in [-0.39, 0.29) is 6.54 Å². The van der Waals surface area contributed by atoms with Crippen LogP contribution in [-0.2, 0) is 14.1 Å². The average molecular weight is 332 g/mol. The van der Waals surface area contributed by atoms with Crippen molar-refractivity contribution in [2.75, 3.05) is 13.7 Å². The number of amides is 2. The van der Waals surface area contributed by atoms with Gasteiger partial charge in [-0.3, -0.25) is 14.4 Å². The van der Waals surface area contributed by atoms with E-state index in [1.807, 2.05) is 0 Å². The largest absolute Gasteiger partial charge is 0.468 e. The second-order valence-electron chi connectivity index (χ2n) is 4.65. The van der Waals surface area contributed by atoms with E-state index in [0.717, 1.165) is 0 Å². The van der Waals surface area contributed by atoms with Gasteiger partial charge in [0.2, 0.25) is 7.29 Å². The van der Waals surface area contributed by atoms with Crippen molar-refractivity contribution in [2.45, 2.75) is 0 Å². The van der Waals surface area contributed by atoms with Crippen molar-refractivity contribution in [1.82, 2.24) is 10.4 Å². The van der Waals surface area contributed by atoms with Crippen LogP contribution in [0.4, 0.5) is 4.79 Å². The molecule has 2 aromatic rings.